The first-order chi connectivity index (χ1) is 24.0. The lowest BCUT2D eigenvalue weighted by molar-refractivity contribution is -0.125. The number of aromatic hydroxyl groups is 1. The van der Waals surface area contributed by atoms with Crippen LogP contribution in [0.4, 0.5) is 5.82 Å². The molecule has 1 aliphatic heterocycles. The lowest BCUT2D eigenvalue weighted by atomic mass is 9.88. The van der Waals surface area contributed by atoms with Gasteiger partial charge in [0.2, 0.25) is 5.91 Å². The minimum absolute atomic E-state index is 0.00231. The summed E-state index contributed by atoms with van der Waals surface area (Å²) in [5, 5.41) is 11.9. The maximum atomic E-state index is 12.5. The number of unbranched alkanes of at least 4 members (excludes halogenated alkanes) is 1. The molecule has 0 radical (unpaired) electrons. The van der Waals surface area contributed by atoms with Gasteiger partial charge < -0.3 is 29.8 Å². The molecular weight excluding hydrogens is 638 g/mol. The van der Waals surface area contributed by atoms with E-state index in [1.807, 2.05) is 12.1 Å². The number of hydrogen-bond acceptors (Lipinski definition) is 10. The molecule has 2 aliphatic rings. The summed E-state index contributed by atoms with van der Waals surface area (Å²) >= 11 is 0. The van der Waals surface area contributed by atoms with E-state index in [2.05, 4.69) is 40.9 Å². The Kier molecular flexibility index (Phi) is 16.3. The predicted molar refractivity (Wildman–Crippen MR) is 193 cm³/mol. The Balaban J connectivity index is 0.000000279. The van der Waals surface area contributed by atoms with Crippen LogP contribution in [-0.2, 0) is 14.3 Å². The number of benzene rings is 1. The third-order valence-corrected chi connectivity index (χ3v) is 9.62. The second-order valence-electron chi connectivity index (χ2n) is 13.4. The van der Waals surface area contributed by atoms with Crippen molar-refractivity contribution < 1.29 is 33.8 Å². The number of aromatic nitrogens is 1. The number of nitrogens with zero attached hydrogens (tertiary/aromatic N) is 4. The molecule has 0 spiro atoms. The SMILES string of the molecule is CCCCOC(=O)c1ccc(N2CCC(CN(C(C)C)C3CCC3)CC2)nc1.CNC(=O)C(CCC=O)N(C)C(=O)c1cc(O)ccc1C=O. The smallest absolute Gasteiger partial charge is 0.339 e. The second-order valence-corrected chi connectivity index (χ2v) is 13.4. The van der Waals surface area contributed by atoms with Crippen molar-refractivity contribution in [2.75, 3.05) is 45.2 Å². The number of hydrogen-bond donors (Lipinski definition) is 2. The molecule has 2 amide bonds. The number of phenolic OH excluding ortho intramolecular Hbond substituents is 1. The van der Waals surface area contributed by atoms with Crippen molar-refractivity contribution in [2.24, 2.45) is 5.92 Å². The Morgan fingerprint density at radius 3 is 2.36 bits per heavy atom. The van der Waals surface area contributed by atoms with Crippen molar-refractivity contribution in [1.29, 1.82) is 0 Å². The number of amides is 2. The molecule has 1 atom stereocenters. The van der Waals surface area contributed by atoms with Crippen LogP contribution in [0, 0.1) is 5.92 Å². The first kappa shape index (κ1) is 40.1. The van der Waals surface area contributed by atoms with E-state index in [9.17, 15) is 29.1 Å². The fourth-order valence-electron chi connectivity index (χ4n) is 6.29. The number of aldehydes is 2. The Morgan fingerprint density at radius 2 is 1.82 bits per heavy atom. The molecule has 12 nitrogen and oxygen atoms in total. The van der Waals surface area contributed by atoms with Crippen molar-refractivity contribution in [2.45, 2.75) is 96.7 Å². The van der Waals surface area contributed by atoms with Crippen LogP contribution in [0.15, 0.2) is 36.5 Å². The Bertz CT molecular complexity index is 1400. The van der Waals surface area contributed by atoms with Gasteiger partial charge in [-0.3, -0.25) is 19.3 Å². The highest BCUT2D eigenvalue weighted by atomic mass is 16.5. The first-order valence-electron chi connectivity index (χ1n) is 17.9. The third kappa shape index (κ3) is 11.4. The number of carbonyl (C=O) groups is 5. The molecule has 2 aromatic rings. The number of ether oxygens (including phenoxy) is 1. The van der Waals surface area contributed by atoms with Crippen LogP contribution in [-0.4, -0.2) is 109 Å². The van der Waals surface area contributed by atoms with Crippen LogP contribution in [0.5, 0.6) is 5.75 Å². The van der Waals surface area contributed by atoms with Crippen LogP contribution in [0.25, 0.3) is 0 Å². The van der Waals surface area contributed by atoms with Crippen molar-refractivity contribution >= 4 is 36.2 Å². The van der Waals surface area contributed by atoms with Gasteiger partial charge in [-0.2, -0.15) is 0 Å². The minimum atomic E-state index is -0.843. The molecular formula is C38H55N5O7. The molecule has 0 bridgehead atoms. The van der Waals surface area contributed by atoms with Gasteiger partial charge in [0.15, 0.2) is 6.29 Å². The summed E-state index contributed by atoms with van der Waals surface area (Å²) in [6.07, 6.45) is 11.7. The summed E-state index contributed by atoms with van der Waals surface area (Å²) in [6.45, 7) is 10.6. The van der Waals surface area contributed by atoms with Gasteiger partial charge >= 0.3 is 5.97 Å². The monoisotopic (exact) mass is 693 g/mol. The van der Waals surface area contributed by atoms with Crippen LogP contribution in [0.2, 0.25) is 0 Å². The Labute approximate surface area is 296 Å². The highest BCUT2D eigenvalue weighted by Crippen LogP contribution is 2.30. The molecule has 1 aromatic carbocycles. The molecule has 2 N–H and O–H groups in total. The Hall–Kier alpha value is -4.32. The summed E-state index contributed by atoms with van der Waals surface area (Å²) in [5.74, 6) is 0.334. The number of carbonyl (C=O) groups excluding carboxylic acids is 5. The fraction of sp³-hybridized carbons (Fsp3) is 0.579. The van der Waals surface area contributed by atoms with Gasteiger partial charge in [0.05, 0.1) is 17.7 Å². The standard InChI is InChI=1S/C23H37N3O2.C15H18N2O5/c1-4-5-15-28-23(27)20-9-10-22(24-16-20)25-13-11-19(12-14-25)17-26(18(2)3)21-7-6-8-21;1-16-14(21)13(4-3-7-18)17(2)15(22)12-8-11(20)6-5-10(12)9-19/h9-10,16,18-19,21H,4-8,11-15,17H2,1-3H3;5-9,13,20H,3-4H2,1-2H3,(H,16,21). The van der Waals surface area contributed by atoms with Gasteiger partial charge in [-0.15, -0.1) is 0 Å². The van der Waals surface area contributed by atoms with Crippen molar-refractivity contribution in [1.82, 2.24) is 20.1 Å². The molecule has 1 saturated heterocycles. The molecule has 1 aromatic heterocycles. The summed E-state index contributed by atoms with van der Waals surface area (Å²) in [5.41, 5.74) is 0.654. The molecule has 50 heavy (non-hydrogen) atoms. The van der Waals surface area contributed by atoms with E-state index in [0.29, 0.717) is 30.8 Å². The van der Waals surface area contributed by atoms with Gasteiger partial charge in [-0.25, -0.2) is 9.78 Å². The van der Waals surface area contributed by atoms with Crippen molar-refractivity contribution in [3.63, 3.8) is 0 Å². The highest BCUT2D eigenvalue weighted by Gasteiger charge is 2.31. The van der Waals surface area contributed by atoms with Gasteiger partial charge in [-0.1, -0.05) is 19.8 Å². The topological polar surface area (TPSA) is 149 Å². The number of likely N-dealkylation sites (N-methyl/N-ethyl adjacent to an activating group) is 2. The number of pyridine rings is 1. The summed E-state index contributed by atoms with van der Waals surface area (Å²) < 4.78 is 5.26. The van der Waals surface area contributed by atoms with Crippen molar-refractivity contribution in [3.8, 4) is 5.75 Å². The quantitative estimate of drug-likeness (QED) is 0.141. The average molecular weight is 694 g/mol. The zero-order valence-corrected chi connectivity index (χ0v) is 30.3. The first-order valence-corrected chi connectivity index (χ1v) is 17.9. The lowest BCUT2D eigenvalue weighted by Gasteiger charge is -2.43. The van der Waals surface area contributed by atoms with E-state index in [4.69, 9.17) is 4.74 Å². The fourth-order valence-corrected chi connectivity index (χ4v) is 6.29. The van der Waals surface area contributed by atoms with Gasteiger partial charge in [0, 0.05) is 64.0 Å². The second kappa shape index (κ2) is 20.4. The van der Waals surface area contributed by atoms with Crippen LogP contribution < -0.4 is 10.2 Å². The Morgan fingerprint density at radius 1 is 1.10 bits per heavy atom. The minimum Gasteiger partial charge on any atom is -0.508 e. The highest BCUT2D eigenvalue weighted by molar-refractivity contribution is 6.03. The van der Waals surface area contributed by atoms with E-state index in [1.54, 1.807) is 6.20 Å². The normalized spacial score (nSPS) is 15.4. The number of rotatable bonds is 16. The number of piperidine rings is 1. The zero-order valence-electron chi connectivity index (χ0n) is 30.3. The van der Waals surface area contributed by atoms with Crippen LogP contribution >= 0.6 is 0 Å². The molecule has 1 aliphatic carbocycles. The maximum absolute atomic E-state index is 12.5. The molecule has 4 rings (SSSR count). The van der Waals surface area contributed by atoms with Gasteiger partial charge in [-0.05, 0) is 88.6 Å². The van der Waals surface area contributed by atoms with Gasteiger partial charge in [0.25, 0.3) is 5.91 Å². The zero-order chi connectivity index (χ0) is 36.6. The summed E-state index contributed by atoms with van der Waals surface area (Å²) in [7, 11) is 2.84. The van der Waals surface area contributed by atoms with E-state index in [1.165, 1.54) is 70.9 Å². The van der Waals surface area contributed by atoms with E-state index in [0.717, 1.165) is 48.6 Å². The number of esters is 1. The molecule has 1 unspecified atom stereocenters. The maximum Gasteiger partial charge on any atom is 0.339 e. The largest absolute Gasteiger partial charge is 0.508 e. The number of nitrogens with one attached hydrogen (secondary N) is 1. The lowest BCUT2D eigenvalue weighted by Crippen LogP contribution is -2.48. The molecule has 1 saturated carbocycles. The van der Waals surface area contributed by atoms with Crippen molar-refractivity contribution in [3.05, 3.63) is 53.2 Å². The van der Waals surface area contributed by atoms with Crippen LogP contribution in [0.1, 0.15) is 110 Å². The predicted octanol–water partition coefficient (Wildman–Crippen LogP) is 4.89. The van der Waals surface area contributed by atoms with E-state index >= 15 is 0 Å². The average Bonchev–Trinajstić information content (AvgIpc) is 3.10. The van der Waals surface area contributed by atoms with Crippen LogP contribution in [0.3, 0.4) is 0 Å². The van der Waals surface area contributed by atoms with E-state index < -0.39 is 17.9 Å². The summed E-state index contributed by atoms with van der Waals surface area (Å²) in [6, 6.07) is 8.23. The molecule has 12 heteroatoms. The van der Waals surface area contributed by atoms with Gasteiger partial charge in [0.1, 0.15) is 23.9 Å². The number of phenols is 1. The molecule has 2 heterocycles. The third-order valence-electron chi connectivity index (χ3n) is 9.62. The molecule has 274 valence electrons. The molecule has 2 fully saturated rings. The van der Waals surface area contributed by atoms with E-state index in [-0.39, 0.29) is 35.7 Å². The summed E-state index contributed by atoms with van der Waals surface area (Å²) in [4.78, 5) is 68.7. The number of anilines is 1.